The Morgan fingerprint density at radius 1 is 1.21 bits per heavy atom. The SMILES string of the molecule is Cc1cccc(-c2nc(CNC(=O)CCCCCC(N)=O)cs2)c1. The molecule has 0 aliphatic rings. The Morgan fingerprint density at radius 2 is 2.00 bits per heavy atom. The van der Waals surface area contributed by atoms with E-state index >= 15 is 0 Å². The fraction of sp³-hybridized carbons (Fsp3) is 0.389. The van der Waals surface area contributed by atoms with Crippen LogP contribution in [0, 0.1) is 6.92 Å². The molecule has 2 aromatic rings. The molecule has 0 saturated carbocycles. The molecule has 1 aromatic heterocycles. The van der Waals surface area contributed by atoms with Gasteiger partial charge in [-0.05, 0) is 25.8 Å². The number of carbonyl (C=O) groups excluding carboxylic acids is 2. The minimum atomic E-state index is -0.285. The van der Waals surface area contributed by atoms with E-state index in [1.54, 1.807) is 11.3 Å². The average Bonchev–Trinajstić information content (AvgIpc) is 3.01. The molecule has 0 spiro atoms. The summed E-state index contributed by atoms with van der Waals surface area (Å²) in [6.45, 7) is 2.50. The first-order valence-electron chi connectivity index (χ1n) is 8.11. The van der Waals surface area contributed by atoms with Crippen LogP contribution in [0.3, 0.4) is 0 Å². The molecule has 6 heteroatoms. The number of nitrogens with one attached hydrogen (secondary N) is 1. The molecule has 0 fully saturated rings. The van der Waals surface area contributed by atoms with E-state index in [1.807, 2.05) is 17.5 Å². The highest BCUT2D eigenvalue weighted by molar-refractivity contribution is 7.13. The highest BCUT2D eigenvalue weighted by atomic mass is 32.1. The Balaban J connectivity index is 1.73. The van der Waals surface area contributed by atoms with Crippen molar-refractivity contribution in [2.75, 3.05) is 0 Å². The second kappa shape index (κ2) is 9.17. The van der Waals surface area contributed by atoms with Gasteiger partial charge in [-0.15, -0.1) is 11.3 Å². The standard InChI is InChI=1S/C18H23N3O2S/c1-13-6-5-7-14(10-13)18-21-15(12-24-18)11-20-17(23)9-4-2-3-8-16(19)22/h5-7,10,12H,2-4,8-9,11H2,1H3,(H2,19,22)(H,20,23). The number of carbonyl (C=O) groups is 2. The van der Waals surface area contributed by atoms with Gasteiger partial charge >= 0.3 is 0 Å². The van der Waals surface area contributed by atoms with Crippen molar-refractivity contribution in [2.45, 2.75) is 45.6 Å². The van der Waals surface area contributed by atoms with E-state index in [-0.39, 0.29) is 11.8 Å². The van der Waals surface area contributed by atoms with Crippen molar-refractivity contribution in [1.82, 2.24) is 10.3 Å². The maximum Gasteiger partial charge on any atom is 0.220 e. The smallest absolute Gasteiger partial charge is 0.220 e. The zero-order valence-electron chi connectivity index (χ0n) is 13.9. The summed E-state index contributed by atoms with van der Waals surface area (Å²) in [5.41, 5.74) is 8.25. The fourth-order valence-electron chi connectivity index (χ4n) is 2.34. The lowest BCUT2D eigenvalue weighted by Crippen LogP contribution is -2.22. The van der Waals surface area contributed by atoms with Crippen LogP contribution >= 0.6 is 11.3 Å². The number of aromatic nitrogens is 1. The van der Waals surface area contributed by atoms with Gasteiger partial charge in [0, 0.05) is 23.8 Å². The van der Waals surface area contributed by atoms with Gasteiger partial charge in [-0.1, -0.05) is 30.2 Å². The zero-order valence-corrected chi connectivity index (χ0v) is 14.7. The van der Waals surface area contributed by atoms with Crippen molar-refractivity contribution in [2.24, 2.45) is 5.73 Å². The maximum absolute atomic E-state index is 11.8. The highest BCUT2D eigenvalue weighted by Crippen LogP contribution is 2.24. The molecule has 0 unspecified atom stereocenters. The molecule has 0 saturated heterocycles. The van der Waals surface area contributed by atoms with Gasteiger partial charge in [-0.3, -0.25) is 9.59 Å². The lowest BCUT2D eigenvalue weighted by atomic mass is 10.1. The van der Waals surface area contributed by atoms with Crippen molar-refractivity contribution in [1.29, 1.82) is 0 Å². The number of aryl methyl sites for hydroxylation is 1. The highest BCUT2D eigenvalue weighted by Gasteiger charge is 2.07. The van der Waals surface area contributed by atoms with E-state index in [9.17, 15) is 9.59 Å². The van der Waals surface area contributed by atoms with Crippen LogP contribution in [-0.2, 0) is 16.1 Å². The number of nitrogens with zero attached hydrogens (tertiary/aromatic N) is 1. The number of hydrogen-bond acceptors (Lipinski definition) is 4. The molecule has 0 aliphatic heterocycles. The molecule has 0 aliphatic carbocycles. The summed E-state index contributed by atoms with van der Waals surface area (Å²) in [5, 5.41) is 5.83. The van der Waals surface area contributed by atoms with E-state index in [0.717, 1.165) is 35.5 Å². The Kier molecular flexibility index (Phi) is 6.93. The molecule has 0 radical (unpaired) electrons. The van der Waals surface area contributed by atoms with Crippen molar-refractivity contribution in [3.8, 4) is 10.6 Å². The van der Waals surface area contributed by atoms with E-state index in [1.165, 1.54) is 5.56 Å². The minimum Gasteiger partial charge on any atom is -0.370 e. The monoisotopic (exact) mass is 345 g/mol. The van der Waals surface area contributed by atoms with Crippen molar-refractivity contribution in [3.05, 3.63) is 40.9 Å². The molecule has 2 amide bonds. The van der Waals surface area contributed by atoms with Crippen LogP contribution in [0.15, 0.2) is 29.6 Å². The number of thiazole rings is 1. The largest absolute Gasteiger partial charge is 0.370 e. The van der Waals surface area contributed by atoms with Crippen LogP contribution in [0.4, 0.5) is 0 Å². The molecule has 128 valence electrons. The summed E-state index contributed by atoms with van der Waals surface area (Å²) in [5.74, 6) is -0.272. The fourth-order valence-corrected chi connectivity index (χ4v) is 3.15. The van der Waals surface area contributed by atoms with Gasteiger partial charge in [0.1, 0.15) is 5.01 Å². The average molecular weight is 345 g/mol. The molecule has 1 heterocycles. The second-order valence-corrected chi connectivity index (χ2v) is 6.68. The number of unbranched alkanes of at least 4 members (excludes halogenated alkanes) is 2. The Bertz CT molecular complexity index is 697. The van der Waals surface area contributed by atoms with Crippen LogP contribution in [0.5, 0.6) is 0 Å². The summed E-state index contributed by atoms with van der Waals surface area (Å²) >= 11 is 1.58. The van der Waals surface area contributed by atoms with Crippen molar-refractivity contribution < 1.29 is 9.59 Å². The molecular weight excluding hydrogens is 322 g/mol. The van der Waals surface area contributed by atoms with Gasteiger partial charge in [-0.25, -0.2) is 4.98 Å². The first-order chi connectivity index (χ1) is 11.5. The number of amides is 2. The summed E-state index contributed by atoms with van der Waals surface area (Å²) in [4.78, 5) is 27.0. The quantitative estimate of drug-likeness (QED) is 0.685. The van der Waals surface area contributed by atoms with Crippen LogP contribution < -0.4 is 11.1 Å². The van der Waals surface area contributed by atoms with E-state index in [0.29, 0.717) is 19.4 Å². The second-order valence-electron chi connectivity index (χ2n) is 5.82. The van der Waals surface area contributed by atoms with E-state index in [2.05, 4.69) is 29.4 Å². The predicted octanol–water partition coefficient (Wildman–Crippen LogP) is 3.17. The number of rotatable bonds is 9. The molecule has 5 nitrogen and oxygen atoms in total. The molecule has 1 aromatic carbocycles. The first-order valence-corrected chi connectivity index (χ1v) is 8.99. The van der Waals surface area contributed by atoms with Gasteiger partial charge in [0.2, 0.25) is 11.8 Å². The number of nitrogens with two attached hydrogens (primary N) is 1. The third-order valence-electron chi connectivity index (χ3n) is 3.61. The molecule has 24 heavy (non-hydrogen) atoms. The van der Waals surface area contributed by atoms with Crippen LogP contribution in [0.25, 0.3) is 10.6 Å². The van der Waals surface area contributed by atoms with Gasteiger partial charge in [0.15, 0.2) is 0 Å². The van der Waals surface area contributed by atoms with Gasteiger partial charge < -0.3 is 11.1 Å². The number of benzene rings is 1. The summed E-state index contributed by atoms with van der Waals surface area (Å²) in [6, 6.07) is 8.22. The van der Waals surface area contributed by atoms with Crippen molar-refractivity contribution >= 4 is 23.2 Å². The molecule has 0 bridgehead atoms. The normalized spacial score (nSPS) is 10.5. The summed E-state index contributed by atoms with van der Waals surface area (Å²) < 4.78 is 0. The Morgan fingerprint density at radius 3 is 2.75 bits per heavy atom. The van der Waals surface area contributed by atoms with Gasteiger partial charge in [0.05, 0.1) is 12.2 Å². The minimum absolute atomic E-state index is 0.0131. The number of hydrogen-bond donors (Lipinski definition) is 2. The molecular formula is C18H23N3O2S. The number of primary amides is 1. The lowest BCUT2D eigenvalue weighted by Gasteiger charge is -2.03. The van der Waals surface area contributed by atoms with E-state index in [4.69, 9.17) is 5.73 Å². The van der Waals surface area contributed by atoms with Crippen LogP contribution in [-0.4, -0.2) is 16.8 Å². The van der Waals surface area contributed by atoms with Crippen LogP contribution in [0.1, 0.15) is 43.4 Å². The topological polar surface area (TPSA) is 85.1 Å². The van der Waals surface area contributed by atoms with Crippen molar-refractivity contribution in [3.63, 3.8) is 0 Å². The molecule has 0 atom stereocenters. The maximum atomic E-state index is 11.8. The Hall–Kier alpha value is -2.21. The van der Waals surface area contributed by atoms with E-state index < -0.39 is 0 Å². The third-order valence-corrected chi connectivity index (χ3v) is 4.55. The zero-order chi connectivity index (χ0) is 17.4. The van der Waals surface area contributed by atoms with Crippen LogP contribution in [0.2, 0.25) is 0 Å². The van der Waals surface area contributed by atoms with Gasteiger partial charge in [-0.2, -0.15) is 0 Å². The summed E-state index contributed by atoms with van der Waals surface area (Å²) in [7, 11) is 0. The third kappa shape index (κ3) is 6.12. The summed E-state index contributed by atoms with van der Waals surface area (Å²) in [6.07, 6.45) is 3.21. The lowest BCUT2D eigenvalue weighted by molar-refractivity contribution is -0.121. The Labute approximate surface area is 146 Å². The predicted molar refractivity (Wildman–Crippen MR) is 96.4 cm³/mol. The molecule has 3 N–H and O–H groups in total. The first kappa shape index (κ1) is 18.1. The molecule has 2 rings (SSSR count). The van der Waals surface area contributed by atoms with Gasteiger partial charge in [0.25, 0.3) is 0 Å².